The Hall–Kier alpha value is -0.450. The predicted molar refractivity (Wildman–Crippen MR) is 57.2 cm³/mol. The molecule has 1 aromatic heterocycles. The first-order valence-corrected chi connectivity index (χ1v) is 5.87. The topological polar surface area (TPSA) is 36.4 Å². The van der Waals surface area contributed by atoms with Crippen LogP contribution in [-0.4, -0.2) is 34.7 Å². The summed E-state index contributed by atoms with van der Waals surface area (Å²) in [5.41, 5.74) is 0. The van der Waals surface area contributed by atoms with Gasteiger partial charge in [0.25, 0.3) is 0 Å². The van der Waals surface area contributed by atoms with Crippen molar-refractivity contribution in [3.8, 4) is 0 Å². The van der Waals surface area contributed by atoms with Crippen LogP contribution in [0.2, 0.25) is 0 Å². The second kappa shape index (κ2) is 4.38. The van der Waals surface area contributed by atoms with Gasteiger partial charge in [-0.25, -0.2) is 4.98 Å². The van der Waals surface area contributed by atoms with Crippen LogP contribution in [-0.2, 0) is 6.54 Å². The number of aliphatic hydroxyl groups excluding tert-OH is 1. The van der Waals surface area contributed by atoms with Crippen LogP contribution in [0.5, 0.6) is 0 Å². The van der Waals surface area contributed by atoms with Crippen LogP contribution in [0.3, 0.4) is 0 Å². The highest BCUT2D eigenvalue weighted by Crippen LogP contribution is 2.27. The van der Waals surface area contributed by atoms with Crippen LogP contribution >= 0.6 is 11.3 Å². The minimum Gasteiger partial charge on any atom is -0.393 e. The molecule has 1 saturated carbocycles. The summed E-state index contributed by atoms with van der Waals surface area (Å²) in [6.07, 6.45) is 3.76. The Labute approximate surface area is 88.4 Å². The monoisotopic (exact) mass is 212 g/mol. The molecule has 0 saturated heterocycles. The van der Waals surface area contributed by atoms with Gasteiger partial charge in [-0.1, -0.05) is 0 Å². The van der Waals surface area contributed by atoms with Crippen LogP contribution in [0.1, 0.15) is 17.8 Å². The fourth-order valence-electron chi connectivity index (χ4n) is 1.92. The van der Waals surface area contributed by atoms with Crippen molar-refractivity contribution < 1.29 is 5.11 Å². The molecular formula is C10H16N2OS. The van der Waals surface area contributed by atoms with Crippen LogP contribution in [0.4, 0.5) is 0 Å². The van der Waals surface area contributed by atoms with Crippen LogP contribution in [0.25, 0.3) is 0 Å². The number of nitrogens with zero attached hydrogens (tertiary/aromatic N) is 2. The average Bonchev–Trinajstić information content (AvgIpc) is 2.54. The molecule has 0 amide bonds. The van der Waals surface area contributed by atoms with Crippen molar-refractivity contribution in [3.63, 3.8) is 0 Å². The van der Waals surface area contributed by atoms with E-state index >= 15 is 0 Å². The molecule has 78 valence electrons. The van der Waals surface area contributed by atoms with E-state index in [1.165, 1.54) is 5.01 Å². The normalized spacial score (nSPS) is 26.5. The Morgan fingerprint density at radius 2 is 2.43 bits per heavy atom. The summed E-state index contributed by atoms with van der Waals surface area (Å²) in [6, 6.07) is 0. The van der Waals surface area contributed by atoms with E-state index in [2.05, 4.69) is 16.9 Å². The molecule has 14 heavy (non-hydrogen) atoms. The molecule has 3 nitrogen and oxygen atoms in total. The van der Waals surface area contributed by atoms with E-state index in [0.29, 0.717) is 5.92 Å². The molecule has 0 aliphatic heterocycles. The lowest BCUT2D eigenvalue weighted by Gasteiger charge is -2.34. The second-order valence-corrected chi connectivity index (χ2v) is 5.09. The molecule has 4 heteroatoms. The molecule has 0 radical (unpaired) electrons. The summed E-state index contributed by atoms with van der Waals surface area (Å²) in [7, 11) is 2.12. The molecular weight excluding hydrogens is 196 g/mol. The summed E-state index contributed by atoms with van der Waals surface area (Å²) in [4.78, 5) is 6.54. The fraction of sp³-hybridized carbons (Fsp3) is 0.700. The standard InChI is InChI=1S/C10H16N2OS/c1-12(6-8-4-9(13)5-8)7-10-11-2-3-14-10/h2-3,8-9,13H,4-7H2,1H3. The van der Waals surface area contributed by atoms with E-state index in [-0.39, 0.29) is 6.10 Å². The van der Waals surface area contributed by atoms with Gasteiger partial charge in [-0.3, -0.25) is 4.90 Å². The first-order chi connectivity index (χ1) is 6.74. The Kier molecular flexibility index (Phi) is 3.15. The maximum absolute atomic E-state index is 9.16. The smallest absolute Gasteiger partial charge is 0.107 e. The number of thiazole rings is 1. The van der Waals surface area contributed by atoms with E-state index in [1.54, 1.807) is 11.3 Å². The Bertz CT molecular complexity index is 270. The molecule has 0 atom stereocenters. The molecule has 2 rings (SSSR count). The van der Waals surface area contributed by atoms with Gasteiger partial charge in [0.15, 0.2) is 0 Å². The van der Waals surface area contributed by atoms with E-state index in [9.17, 15) is 0 Å². The molecule has 1 aromatic rings. The number of aromatic nitrogens is 1. The molecule has 1 aliphatic rings. The first-order valence-electron chi connectivity index (χ1n) is 4.99. The van der Waals surface area contributed by atoms with Gasteiger partial charge < -0.3 is 5.11 Å². The zero-order valence-electron chi connectivity index (χ0n) is 8.39. The molecule has 0 unspecified atom stereocenters. The Balaban J connectivity index is 1.71. The van der Waals surface area contributed by atoms with Gasteiger partial charge in [0.2, 0.25) is 0 Å². The predicted octanol–water partition coefficient (Wildman–Crippen LogP) is 1.35. The molecule has 1 N–H and O–H groups in total. The maximum Gasteiger partial charge on any atom is 0.107 e. The fourth-order valence-corrected chi connectivity index (χ4v) is 2.61. The summed E-state index contributed by atoms with van der Waals surface area (Å²) in [5, 5.41) is 12.3. The van der Waals surface area contributed by atoms with Crippen LogP contribution in [0.15, 0.2) is 11.6 Å². The van der Waals surface area contributed by atoms with E-state index in [0.717, 1.165) is 25.9 Å². The van der Waals surface area contributed by atoms with Crippen molar-refractivity contribution in [2.24, 2.45) is 5.92 Å². The molecule has 0 aromatic carbocycles. The van der Waals surface area contributed by atoms with Crippen molar-refractivity contribution in [2.45, 2.75) is 25.5 Å². The maximum atomic E-state index is 9.16. The van der Waals surface area contributed by atoms with E-state index in [1.807, 2.05) is 11.6 Å². The summed E-state index contributed by atoms with van der Waals surface area (Å²) in [5.74, 6) is 0.690. The van der Waals surface area contributed by atoms with Crippen molar-refractivity contribution in [1.29, 1.82) is 0 Å². The third kappa shape index (κ3) is 2.53. The molecule has 1 heterocycles. The zero-order chi connectivity index (χ0) is 9.97. The minimum absolute atomic E-state index is 0.0340. The first kappa shape index (κ1) is 10.1. The van der Waals surface area contributed by atoms with Crippen molar-refractivity contribution in [2.75, 3.05) is 13.6 Å². The highest BCUT2D eigenvalue weighted by Gasteiger charge is 2.27. The second-order valence-electron chi connectivity index (χ2n) is 4.11. The van der Waals surface area contributed by atoms with Gasteiger partial charge in [0, 0.05) is 18.1 Å². The highest BCUT2D eigenvalue weighted by atomic mass is 32.1. The van der Waals surface area contributed by atoms with Gasteiger partial charge in [-0.2, -0.15) is 0 Å². The number of aliphatic hydroxyl groups is 1. The minimum atomic E-state index is -0.0340. The molecule has 1 aliphatic carbocycles. The summed E-state index contributed by atoms with van der Waals surface area (Å²) < 4.78 is 0. The van der Waals surface area contributed by atoms with Gasteiger partial charge in [0.1, 0.15) is 5.01 Å². The molecule has 0 bridgehead atoms. The zero-order valence-corrected chi connectivity index (χ0v) is 9.20. The van der Waals surface area contributed by atoms with Gasteiger partial charge in [-0.05, 0) is 25.8 Å². The molecule has 0 spiro atoms. The van der Waals surface area contributed by atoms with Gasteiger partial charge in [-0.15, -0.1) is 11.3 Å². The highest BCUT2D eigenvalue weighted by molar-refractivity contribution is 7.09. The van der Waals surface area contributed by atoms with Crippen molar-refractivity contribution in [3.05, 3.63) is 16.6 Å². The third-order valence-corrected chi connectivity index (χ3v) is 3.43. The summed E-state index contributed by atoms with van der Waals surface area (Å²) >= 11 is 1.70. The quantitative estimate of drug-likeness (QED) is 0.818. The number of hydrogen-bond donors (Lipinski definition) is 1. The number of hydrogen-bond acceptors (Lipinski definition) is 4. The lowest BCUT2D eigenvalue weighted by Crippen LogP contribution is -2.36. The Morgan fingerprint density at radius 3 is 3.00 bits per heavy atom. The van der Waals surface area contributed by atoms with Crippen molar-refractivity contribution in [1.82, 2.24) is 9.88 Å². The van der Waals surface area contributed by atoms with Crippen LogP contribution in [0, 0.1) is 5.92 Å². The van der Waals surface area contributed by atoms with E-state index in [4.69, 9.17) is 5.11 Å². The largest absolute Gasteiger partial charge is 0.393 e. The lowest BCUT2D eigenvalue weighted by molar-refractivity contribution is 0.0274. The Morgan fingerprint density at radius 1 is 1.64 bits per heavy atom. The SMILES string of the molecule is CN(Cc1nccs1)CC1CC(O)C1. The third-order valence-electron chi connectivity index (χ3n) is 2.67. The van der Waals surface area contributed by atoms with Crippen molar-refractivity contribution >= 4 is 11.3 Å². The number of rotatable bonds is 4. The lowest BCUT2D eigenvalue weighted by atomic mass is 9.82. The van der Waals surface area contributed by atoms with E-state index < -0.39 is 0 Å². The van der Waals surface area contributed by atoms with Gasteiger partial charge >= 0.3 is 0 Å². The van der Waals surface area contributed by atoms with Gasteiger partial charge in [0.05, 0.1) is 12.6 Å². The van der Waals surface area contributed by atoms with Crippen LogP contribution < -0.4 is 0 Å². The molecule has 1 fully saturated rings. The average molecular weight is 212 g/mol. The summed E-state index contributed by atoms with van der Waals surface area (Å²) in [6.45, 7) is 2.01.